The van der Waals surface area contributed by atoms with E-state index in [-0.39, 0.29) is 5.82 Å². The Hall–Kier alpha value is -2.58. The maximum Gasteiger partial charge on any atom is 0.208 e. The Morgan fingerprint density at radius 1 is 1.30 bits per heavy atom. The van der Waals surface area contributed by atoms with Crippen LogP contribution in [-0.2, 0) is 10.0 Å². The first kappa shape index (κ1) is 19.2. The molecule has 0 atom stereocenters. The van der Waals surface area contributed by atoms with Crippen molar-refractivity contribution in [2.75, 3.05) is 12.8 Å². The lowest BCUT2D eigenvalue weighted by atomic mass is 10.1. The smallest absolute Gasteiger partial charge is 0.208 e. The number of sulfonamides is 1. The second-order valence-electron chi connectivity index (χ2n) is 6.41. The molecule has 0 aliphatic heterocycles. The SMILES string of the molecule is CC(CCCNS(C)(=O)=O)=Nc1ccc(-c2c[nH]c3cc(F)ccc23)cn1. The van der Waals surface area contributed by atoms with E-state index in [1.807, 2.05) is 25.3 Å². The van der Waals surface area contributed by atoms with Crippen LogP contribution in [0.4, 0.5) is 10.2 Å². The summed E-state index contributed by atoms with van der Waals surface area (Å²) in [6, 6.07) is 8.41. The van der Waals surface area contributed by atoms with Crippen LogP contribution in [-0.4, -0.2) is 36.9 Å². The van der Waals surface area contributed by atoms with Gasteiger partial charge in [0, 0.05) is 46.7 Å². The van der Waals surface area contributed by atoms with Crippen molar-refractivity contribution in [3.8, 4) is 11.1 Å². The number of pyridine rings is 1. The summed E-state index contributed by atoms with van der Waals surface area (Å²) in [4.78, 5) is 11.9. The molecule has 0 spiro atoms. The van der Waals surface area contributed by atoms with Crippen LogP contribution in [0.1, 0.15) is 19.8 Å². The average molecular weight is 388 g/mol. The molecule has 3 rings (SSSR count). The van der Waals surface area contributed by atoms with Gasteiger partial charge in [-0.1, -0.05) is 0 Å². The minimum absolute atomic E-state index is 0.277. The quantitative estimate of drug-likeness (QED) is 0.477. The molecule has 0 unspecified atom stereocenters. The molecule has 6 nitrogen and oxygen atoms in total. The molecule has 27 heavy (non-hydrogen) atoms. The fourth-order valence-corrected chi connectivity index (χ4v) is 3.32. The number of hydrogen-bond donors (Lipinski definition) is 2. The monoisotopic (exact) mass is 388 g/mol. The second kappa shape index (κ2) is 7.98. The van der Waals surface area contributed by atoms with Gasteiger partial charge in [-0.15, -0.1) is 0 Å². The molecule has 0 fully saturated rings. The number of H-pyrrole nitrogens is 1. The third-order valence-corrected chi connectivity index (χ3v) is 4.82. The molecule has 0 saturated heterocycles. The summed E-state index contributed by atoms with van der Waals surface area (Å²) in [5.74, 6) is 0.319. The number of halogens is 1. The zero-order valence-electron chi connectivity index (χ0n) is 15.2. The van der Waals surface area contributed by atoms with Crippen LogP contribution in [0.25, 0.3) is 22.0 Å². The van der Waals surface area contributed by atoms with Gasteiger partial charge in [-0.25, -0.2) is 27.5 Å². The fraction of sp³-hybridized carbons (Fsp3) is 0.263. The van der Waals surface area contributed by atoms with E-state index < -0.39 is 10.0 Å². The Bertz CT molecular complexity index is 1070. The number of nitrogens with zero attached hydrogens (tertiary/aromatic N) is 2. The molecular weight excluding hydrogens is 367 g/mol. The topological polar surface area (TPSA) is 87.2 Å². The molecule has 3 aromatic rings. The van der Waals surface area contributed by atoms with Crippen molar-refractivity contribution < 1.29 is 12.8 Å². The molecule has 2 aromatic heterocycles. The van der Waals surface area contributed by atoms with Gasteiger partial charge in [-0.3, -0.25) is 0 Å². The van der Waals surface area contributed by atoms with Crippen molar-refractivity contribution in [3.05, 3.63) is 48.5 Å². The number of rotatable bonds is 7. The van der Waals surface area contributed by atoms with Crippen LogP contribution in [0.5, 0.6) is 0 Å². The molecule has 0 aliphatic carbocycles. The molecular formula is C19H21FN4O2S. The maximum atomic E-state index is 13.3. The zero-order valence-corrected chi connectivity index (χ0v) is 16.0. The number of aromatic nitrogens is 2. The molecule has 1 aromatic carbocycles. The number of hydrogen-bond acceptors (Lipinski definition) is 4. The summed E-state index contributed by atoms with van der Waals surface area (Å²) in [7, 11) is -3.15. The highest BCUT2D eigenvalue weighted by atomic mass is 32.2. The molecule has 142 valence electrons. The molecule has 0 bridgehead atoms. The third kappa shape index (κ3) is 5.21. The van der Waals surface area contributed by atoms with Crippen LogP contribution >= 0.6 is 0 Å². The van der Waals surface area contributed by atoms with Gasteiger partial charge in [-0.05, 0) is 50.1 Å². The summed E-state index contributed by atoms with van der Waals surface area (Å²) >= 11 is 0. The van der Waals surface area contributed by atoms with Gasteiger partial charge < -0.3 is 4.98 Å². The second-order valence-corrected chi connectivity index (χ2v) is 8.25. The third-order valence-electron chi connectivity index (χ3n) is 4.09. The Labute approximate surface area is 157 Å². The van der Waals surface area contributed by atoms with E-state index in [0.717, 1.165) is 34.0 Å². The largest absolute Gasteiger partial charge is 0.360 e. The zero-order chi connectivity index (χ0) is 19.4. The van der Waals surface area contributed by atoms with Gasteiger partial charge in [0.15, 0.2) is 5.82 Å². The summed E-state index contributed by atoms with van der Waals surface area (Å²) < 4.78 is 37.8. The summed E-state index contributed by atoms with van der Waals surface area (Å²) in [6.07, 6.45) is 6.07. The minimum atomic E-state index is -3.15. The highest BCUT2D eigenvalue weighted by molar-refractivity contribution is 7.88. The van der Waals surface area contributed by atoms with E-state index in [2.05, 4.69) is 19.7 Å². The lowest BCUT2D eigenvalue weighted by Gasteiger charge is -2.03. The lowest BCUT2D eigenvalue weighted by Crippen LogP contribution is -2.23. The van der Waals surface area contributed by atoms with Crippen LogP contribution < -0.4 is 4.72 Å². The van der Waals surface area contributed by atoms with Crippen molar-refractivity contribution in [1.29, 1.82) is 0 Å². The Morgan fingerprint density at radius 3 is 2.81 bits per heavy atom. The van der Waals surface area contributed by atoms with Crippen LogP contribution in [0.15, 0.2) is 47.7 Å². The van der Waals surface area contributed by atoms with E-state index in [9.17, 15) is 12.8 Å². The maximum absolute atomic E-state index is 13.3. The highest BCUT2D eigenvalue weighted by Gasteiger charge is 2.07. The van der Waals surface area contributed by atoms with Crippen LogP contribution in [0.3, 0.4) is 0 Å². The van der Waals surface area contributed by atoms with Crippen LogP contribution in [0, 0.1) is 5.82 Å². The van der Waals surface area contributed by atoms with Crippen molar-refractivity contribution in [3.63, 3.8) is 0 Å². The molecule has 8 heteroatoms. The van der Waals surface area contributed by atoms with E-state index >= 15 is 0 Å². The van der Waals surface area contributed by atoms with Gasteiger partial charge in [-0.2, -0.15) is 0 Å². The van der Waals surface area contributed by atoms with Crippen molar-refractivity contribution in [2.45, 2.75) is 19.8 Å². The molecule has 2 heterocycles. The van der Waals surface area contributed by atoms with E-state index in [1.54, 1.807) is 12.3 Å². The number of benzene rings is 1. The van der Waals surface area contributed by atoms with E-state index in [4.69, 9.17) is 0 Å². The highest BCUT2D eigenvalue weighted by Crippen LogP contribution is 2.29. The van der Waals surface area contributed by atoms with Gasteiger partial charge >= 0.3 is 0 Å². The first-order chi connectivity index (χ1) is 12.8. The summed E-state index contributed by atoms with van der Waals surface area (Å²) in [6.45, 7) is 2.28. The first-order valence-corrected chi connectivity index (χ1v) is 10.4. The molecule has 2 N–H and O–H groups in total. The normalized spacial score (nSPS) is 12.6. The molecule has 0 amide bonds. The first-order valence-electron chi connectivity index (χ1n) is 8.54. The van der Waals surface area contributed by atoms with Crippen LogP contribution in [0.2, 0.25) is 0 Å². The van der Waals surface area contributed by atoms with E-state index in [1.165, 1.54) is 12.1 Å². The fourth-order valence-electron chi connectivity index (χ4n) is 2.80. The lowest BCUT2D eigenvalue weighted by molar-refractivity contribution is 0.586. The van der Waals surface area contributed by atoms with Gasteiger partial charge in [0.05, 0.1) is 6.26 Å². The Morgan fingerprint density at radius 2 is 2.11 bits per heavy atom. The summed E-state index contributed by atoms with van der Waals surface area (Å²) in [5, 5.41) is 0.934. The predicted octanol–water partition coefficient (Wildman–Crippen LogP) is 3.79. The average Bonchev–Trinajstić information content (AvgIpc) is 3.01. The van der Waals surface area contributed by atoms with Crippen molar-refractivity contribution >= 4 is 32.5 Å². The van der Waals surface area contributed by atoms with Gasteiger partial charge in [0.2, 0.25) is 10.0 Å². The Balaban J connectivity index is 1.67. The van der Waals surface area contributed by atoms with Crippen molar-refractivity contribution in [2.24, 2.45) is 4.99 Å². The summed E-state index contributed by atoms with van der Waals surface area (Å²) in [5.41, 5.74) is 3.50. The standard InChI is InChI=1S/C19H21FN4O2S/c1-13(4-3-9-23-27(2,25)26)24-19-8-5-14(11-22-19)17-12-21-18-10-15(20)6-7-16(17)18/h5-8,10-12,21,23H,3-4,9H2,1-2H3. The van der Waals surface area contributed by atoms with E-state index in [0.29, 0.717) is 25.2 Å². The van der Waals surface area contributed by atoms with Gasteiger partial charge in [0.25, 0.3) is 0 Å². The van der Waals surface area contributed by atoms with Gasteiger partial charge in [0.1, 0.15) is 5.82 Å². The van der Waals surface area contributed by atoms with Crippen molar-refractivity contribution in [1.82, 2.24) is 14.7 Å². The molecule has 0 aliphatic rings. The molecule has 0 saturated carbocycles. The number of nitrogens with one attached hydrogen (secondary N) is 2. The minimum Gasteiger partial charge on any atom is -0.360 e. The Kier molecular flexibility index (Phi) is 5.67. The number of aromatic amines is 1. The number of fused-ring (bicyclic) bond motifs is 1. The predicted molar refractivity (Wildman–Crippen MR) is 106 cm³/mol. The molecule has 0 radical (unpaired) electrons. The number of aliphatic imine (C=N–C) groups is 1.